The summed E-state index contributed by atoms with van der Waals surface area (Å²) in [5.74, 6) is -0.114. The number of carbonyl (C=O) groups excluding carboxylic acids is 1. The zero-order valence-corrected chi connectivity index (χ0v) is 14.7. The lowest BCUT2D eigenvalue weighted by Gasteiger charge is -2.15. The van der Waals surface area contributed by atoms with Gasteiger partial charge in [-0.3, -0.25) is 4.79 Å². The quantitative estimate of drug-likeness (QED) is 0.562. The van der Waals surface area contributed by atoms with Gasteiger partial charge in [0.05, 0.1) is 17.9 Å². The van der Waals surface area contributed by atoms with E-state index in [1.54, 1.807) is 0 Å². The molecule has 1 N–H and O–H groups in total. The van der Waals surface area contributed by atoms with E-state index in [-0.39, 0.29) is 30.4 Å². The first-order valence-electron chi connectivity index (χ1n) is 8.51. The van der Waals surface area contributed by atoms with Gasteiger partial charge in [0.15, 0.2) is 0 Å². The molecule has 0 unspecified atom stereocenters. The van der Waals surface area contributed by atoms with E-state index in [0.717, 1.165) is 37.8 Å². The van der Waals surface area contributed by atoms with Crippen molar-refractivity contribution in [3.63, 3.8) is 0 Å². The number of anilines is 1. The summed E-state index contributed by atoms with van der Waals surface area (Å²) >= 11 is 0. The van der Waals surface area contributed by atoms with Gasteiger partial charge in [-0.1, -0.05) is 32.6 Å². The Hall–Kier alpha value is -1.76. The van der Waals surface area contributed by atoms with Gasteiger partial charge >= 0.3 is 6.18 Å². The lowest BCUT2D eigenvalue weighted by Crippen LogP contribution is -2.15. The molecule has 0 spiro atoms. The standard InChI is InChI=1S/C18H26F3NO3/c1-3-4-5-6-7-8-17(23)22-15-13-14(18(19,20)21)9-10-16(15)25-12-11-24-2/h9-10,13H,3-8,11-12H2,1-2H3,(H,22,23). The van der Waals surface area contributed by atoms with E-state index in [4.69, 9.17) is 9.47 Å². The lowest BCUT2D eigenvalue weighted by atomic mass is 10.1. The molecule has 1 aromatic carbocycles. The largest absolute Gasteiger partial charge is 0.489 e. The van der Waals surface area contributed by atoms with Gasteiger partial charge in [-0.05, 0) is 24.6 Å². The van der Waals surface area contributed by atoms with E-state index in [1.165, 1.54) is 13.2 Å². The third-order valence-electron chi connectivity index (χ3n) is 3.63. The Morgan fingerprint density at radius 3 is 2.48 bits per heavy atom. The summed E-state index contributed by atoms with van der Waals surface area (Å²) in [6, 6.07) is 3.05. The zero-order valence-electron chi connectivity index (χ0n) is 14.7. The fourth-order valence-corrected chi connectivity index (χ4v) is 2.27. The maximum atomic E-state index is 12.9. The van der Waals surface area contributed by atoms with Gasteiger partial charge in [0, 0.05) is 13.5 Å². The smallest absolute Gasteiger partial charge is 0.416 e. The number of halogens is 3. The summed E-state index contributed by atoms with van der Waals surface area (Å²) in [6.45, 7) is 2.58. The van der Waals surface area contributed by atoms with Gasteiger partial charge in [-0.25, -0.2) is 0 Å². The predicted molar refractivity (Wildman–Crippen MR) is 90.8 cm³/mol. The molecule has 25 heavy (non-hydrogen) atoms. The number of ether oxygens (including phenoxy) is 2. The number of hydrogen-bond donors (Lipinski definition) is 1. The highest BCUT2D eigenvalue weighted by atomic mass is 19.4. The van der Waals surface area contributed by atoms with Crippen molar-refractivity contribution in [2.45, 2.75) is 51.6 Å². The summed E-state index contributed by atoms with van der Waals surface area (Å²) in [5.41, 5.74) is -0.797. The summed E-state index contributed by atoms with van der Waals surface area (Å²) in [7, 11) is 1.50. The van der Waals surface area contributed by atoms with Crippen LogP contribution in [0.15, 0.2) is 18.2 Å². The summed E-state index contributed by atoms with van der Waals surface area (Å²) in [5, 5.41) is 2.54. The molecule has 1 amide bonds. The van der Waals surface area contributed by atoms with Gasteiger partial charge < -0.3 is 14.8 Å². The van der Waals surface area contributed by atoms with E-state index in [9.17, 15) is 18.0 Å². The van der Waals surface area contributed by atoms with Crippen molar-refractivity contribution in [3.05, 3.63) is 23.8 Å². The summed E-state index contributed by atoms with van der Waals surface area (Å²) in [6.07, 6.45) is 0.720. The monoisotopic (exact) mass is 361 g/mol. The molecule has 0 saturated heterocycles. The van der Waals surface area contributed by atoms with Crippen LogP contribution in [0.4, 0.5) is 18.9 Å². The number of benzene rings is 1. The van der Waals surface area contributed by atoms with Gasteiger partial charge in [-0.15, -0.1) is 0 Å². The molecule has 0 aliphatic carbocycles. The normalized spacial score (nSPS) is 11.4. The molecule has 0 atom stereocenters. The molecule has 7 heteroatoms. The van der Waals surface area contributed by atoms with Gasteiger partial charge in [0.25, 0.3) is 0 Å². The van der Waals surface area contributed by atoms with Crippen LogP contribution in [0.5, 0.6) is 5.75 Å². The van der Waals surface area contributed by atoms with Gasteiger partial charge in [-0.2, -0.15) is 13.2 Å². The average Bonchev–Trinajstić information content (AvgIpc) is 2.55. The van der Waals surface area contributed by atoms with Crippen LogP contribution < -0.4 is 10.1 Å². The Labute approximate surface area is 146 Å². The number of methoxy groups -OCH3 is 1. The highest BCUT2D eigenvalue weighted by molar-refractivity contribution is 5.92. The minimum atomic E-state index is -4.48. The van der Waals surface area contributed by atoms with Crippen molar-refractivity contribution in [2.75, 3.05) is 25.6 Å². The molecule has 0 bridgehead atoms. The number of nitrogens with one attached hydrogen (secondary N) is 1. The highest BCUT2D eigenvalue weighted by Crippen LogP contribution is 2.35. The molecule has 0 aromatic heterocycles. The highest BCUT2D eigenvalue weighted by Gasteiger charge is 2.31. The molecular weight excluding hydrogens is 335 g/mol. The van der Waals surface area contributed by atoms with E-state index < -0.39 is 11.7 Å². The lowest BCUT2D eigenvalue weighted by molar-refractivity contribution is -0.137. The number of amides is 1. The topological polar surface area (TPSA) is 47.6 Å². The predicted octanol–water partition coefficient (Wildman–Crippen LogP) is 5.03. The van der Waals surface area contributed by atoms with Crippen molar-refractivity contribution in [3.8, 4) is 5.75 Å². The molecule has 0 fully saturated rings. The number of hydrogen-bond acceptors (Lipinski definition) is 3. The molecule has 0 aliphatic rings. The molecule has 142 valence electrons. The van der Waals surface area contributed by atoms with Crippen molar-refractivity contribution in [1.29, 1.82) is 0 Å². The average molecular weight is 361 g/mol. The molecule has 0 heterocycles. The Kier molecular flexibility index (Phi) is 9.34. The van der Waals surface area contributed by atoms with Crippen molar-refractivity contribution in [1.82, 2.24) is 0 Å². The van der Waals surface area contributed by atoms with E-state index in [0.29, 0.717) is 13.0 Å². The van der Waals surface area contributed by atoms with E-state index in [2.05, 4.69) is 12.2 Å². The van der Waals surface area contributed by atoms with Gasteiger partial charge in [0.2, 0.25) is 5.91 Å². The minimum absolute atomic E-state index is 0.0319. The summed E-state index contributed by atoms with van der Waals surface area (Å²) < 4.78 is 48.9. The van der Waals surface area contributed by atoms with Crippen LogP contribution in [-0.4, -0.2) is 26.2 Å². The number of rotatable bonds is 11. The first kappa shape index (κ1) is 21.3. The van der Waals surface area contributed by atoms with Crippen LogP contribution in [0, 0.1) is 0 Å². The Morgan fingerprint density at radius 2 is 1.84 bits per heavy atom. The van der Waals surface area contributed by atoms with Crippen molar-refractivity contribution < 1.29 is 27.4 Å². The van der Waals surface area contributed by atoms with E-state index >= 15 is 0 Å². The fourth-order valence-electron chi connectivity index (χ4n) is 2.27. The zero-order chi connectivity index (χ0) is 18.7. The van der Waals surface area contributed by atoms with Gasteiger partial charge in [0.1, 0.15) is 12.4 Å². The van der Waals surface area contributed by atoms with Crippen molar-refractivity contribution in [2.24, 2.45) is 0 Å². The number of unbranched alkanes of at least 4 members (excludes halogenated alkanes) is 4. The maximum Gasteiger partial charge on any atom is 0.416 e. The van der Waals surface area contributed by atoms with Crippen LogP contribution >= 0.6 is 0 Å². The van der Waals surface area contributed by atoms with E-state index in [1.807, 2.05) is 0 Å². The molecule has 0 aliphatic heterocycles. The second-order valence-corrected chi connectivity index (χ2v) is 5.76. The van der Waals surface area contributed by atoms with Crippen LogP contribution in [0.25, 0.3) is 0 Å². The second-order valence-electron chi connectivity index (χ2n) is 5.76. The molecular formula is C18H26F3NO3. The first-order chi connectivity index (χ1) is 11.9. The Balaban J connectivity index is 2.73. The third kappa shape index (κ3) is 8.25. The number of carbonyl (C=O) groups is 1. The molecule has 1 aromatic rings. The molecule has 0 saturated carbocycles. The fraction of sp³-hybridized carbons (Fsp3) is 0.611. The minimum Gasteiger partial charge on any atom is -0.489 e. The molecule has 4 nitrogen and oxygen atoms in total. The van der Waals surface area contributed by atoms with Crippen LogP contribution in [0.1, 0.15) is 51.0 Å². The maximum absolute atomic E-state index is 12.9. The second kappa shape index (κ2) is 11.0. The Bertz CT molecular complexity index is 533. The molecule has 1 rings (SSSR count). The van der Waals surface area contributed by atoms with Crippen molar-refractivity contribution >= 4 is 11.6 Å². The van der Waals surface area contributed by atoms with Crippen LogP contribution in [0.3, 0.4) is 0 Å². The Morgan fingerprint density at radius 1 is 1.12 bits per heavy atom. The summed E-state index contributed by atoms with van der Waals surface area (Å²) in [4.78, 5) is 12.0. The van der Waals surface area contributed by atoms with Crippen LogP contribution in [0.2, 0.25) is 0 Å². The third-order valence-corrected chi connectivity index (χ3v) is 3.63. The molecule has 0 radical (unpaired) electrons. The number of alkyl halides is 3. The van der Waals surface area contributed by atoms with Crippen LogP contribution in [-0.2, 0) is 15.7 Å². The SMILES string of the molecule is CCCCCCCC(=O)Nc1cc(C(F)(F)F)ccc1OCCOC. The first-order valence-corrected chi connectivity index (χ1v) is 8.51.